The molecule has 5 rings (SSSR count). The van der Waals surface area contributed by atoms with E-state index in [9.17, 15) is 14.7 Å². The van der Waals surface area contributed by atoms with Gasteiger partial charge in [0.05, 0.1) is 31.5 Å². The molecule has 7 nitrogen and oxygen atoms in total. The zero-order valence-electron chi connectivity index (χ0n) is 22.6. The molecule has 206 valence electrons. The van der Waals surface area contributed by atoms with Crippen molar-refractivity contribution in [3.05, 3.63) is 95.0 Å². The van der Waals surface area contributed by atoms with Crippen LogP contribution in [0.2, 0.25) is 5.02 Å². The zero-order valence-corrected chi connectivity index (χ0v) is 23.3. The number of halogens is 1. The van der Waals surface area contributed by atoms with Crippen molar-refractivity contribution in [2.24, 2.45) is 5.92 Å². The van der Waals surface area contributed by atoms with E-state index in [0.29, 0.717) is 34.3 Å². The molecule has 0 radical (unpaired) electrons. The number of carbonyl (C=O) groups excluding carboxylic acids is 2. The predicted octanol–water partition coefficient (Wildman–Crippen LogP) is 5.82. The van der Waals surface area contributed by atoms with Crippen LogP contribution in [-0.4, -0.2) is 43.6 Å². The van der Waals surface area contributed by atoms with Crippen molar-refractivity contribution in [2.45, 2.75) is 25.5 Å². The van der Waals surface area contributed by atoms with Gasteiger partial charge >= 0.3 is 0 Å². The number of hydrogen-bond acceptors (Lipinski definition) is 6. The highest BCUT2D eigenvalue weighted by Crippen LogP contribution is 2.47. The standard InChI is InChI=1S/C32H31ClN2O5/c1-4-35-25-15-16-26(39-2)31(40-3)27(25)30(37)28(32(35)38)29(36)24(17-19-9-12-22(33)13-10-19)34-23-14-11-20-7-5-6-8-21(20)18-23/h5-16,18,24,28,30,34,37H,4,17H2,1-3H3. The number of nitrogens with zero attached hydrogens (tertiary/aromatic N) is 1. The molecular weight excluding hydrogens is 528 g/mol. The summed E-state index contributed by atoms with van der Waals surface area (Å²) in [5.74, 6) is -1.52. The molecule has 40 heavy (non-hydrogen) atoms. The highest BCUT2D eigenvalue weighted by Gasteiger charge is 2.47. The van der Waals surface area contributed by atoms with E-state index in [0.717, 1.165) is 22.0 Å². The summed E-state index contributed by atoms with van der Waals surface area (Å²) < 4.78 is 11.0. The van der Waals surface area contributed by atoms with Crippen LogP contribution in [0.25, 0.3) is 10.8 Å². The summed E-state index contributed by atoms with van der Waals surface area (Å²) in [7, 11) is 2.97. The third-order valence-electron chi connectivity index (χ3n) is 7.41. The van der Waals surface area contributed by atoms with Gasteiger partial charge in [0.25, 0.3) is 0 Å². The summed E-state index contributed by atoms with van der Waals surface area (Å²) >= 11 is 6.10. The van der Waals surface area contributed by atoms with Crippen molar-refractivity contribution >= 4 is 45.4 Å². The monoisotopic (exact) mass is 558 g/mol. The number of anilines is 2. The number of aliphatic hydroxyl groups is 1. The van der Waals surface area contributed by atoms with Crippen LogP contribution < -0.4 is 19.7 Å². The van der Waals surface area contributed by atoms with Crippen LogP contribution in [-0.2, 0) is 16.0 Å². The number of fused-ring (bicyclic) bond motifs is 2. The van der Waals surface area contributed by atoms with E-state index in [4.69, 9.17) is 21.1 Å². The second-order valence-electron chi connectivity index (χ2n) is 9.73. The van der Waals surface area contributed by atoms with Gasteiger partial charge in [-0.3, -0.25) is 9.59 Å². The molecule has 0 bridgehead atoms. The lowest BCUT2D eigenvalue weighted by atomic mass is 9.81. The number of hydrogen-bond donors (Lipinski definition) is 2. The van der Waals surface area contributed by atoms with Crippen molar-refractivity contribution in [2.75, 3.05) is 31.0 Å². The van der Waals surface area contributed by atoms with E-state index in [1.54, 1.807) is 24.3 Å². The minimum atomic E-state index is -1.42. The fraction of sp³-hybridized carbons (Fsp3) is 0.250. The first-order chi connectivity index (χ1) is 19.4. The second kappa shape index (κ2) is 11.6. The number of carbonyl (C=O) groups is 2. The Balaban J connectivity index is 1.56. The van der Waals surface area contributed by atoms with E-state index in [-0.39, 0.29) is 6.42 Å². The molecule has 3 unspecified atom stereocenters. The van der Waals surface area contributed by atoms with Crippen LogP contribution in [0.3, 0.4) is 0 Å². The van der Waals surface area contributed by atoms with E-state index >= 15 is 0 Å². The van der Waals surface area contributed by atoms with Gasteiger partial charge in [0.15, 0.2) is 17.3 Å². The Morgan fingerprint density at radius 3 is 2.40 bits per heavy atom. The Kier molecular flexibility index (Phi) is 7.96. The number of amides is 1. The summed E-state index contributed by atoms with van der Waals surface area (Å²) in [5, 5.41) is 17.7. The summed E-state index contributed by atoms with van der Waals surface area (Å²) in [5.41, 5.74) is 2.45. The van der Waals surface area contributed by atoms with Crippen molar-refractivity contribution in [1.82, 2.24) is 0 Å². The lowest BCUT2D eigenvalue weighted by Crippen LogP contribution is -2.51. The Bertz CT molecular complexity index is 1560. The number of methoxy groups -OCH3 is 2. The van der Waals surface area contributed by atoms with Crippen LogP contribution in [0, 0.1) is 5.92 Å². The average molecular weight is 559 g/mol. The van der Waals surface area contributed by atoms with Gasteiger partial charge in [0.1, 0.15) is 12.0 Å². The van der Waals surface area contributed by atoms with Gasteiger partial charge in [0, 0.05) is 17.3 Å². The minimum absolute atomic E-state index is 0.285. The lowest BCUT2D eigenvalue weighted by molar-refractivity contribution is -0.138. The van der Waals surface area contributed by atoms with Crippen LogP contribution in [0.1, 0.15) is 24.2 Å². The maximum absolute atomic E-state index is 14.3. The summed E-state index contributed by atoms with van der Waals surface area (Å²) in [6.07, 6.45) is -1.14. The molecule has 0 saturated carbocycles. The van der Waals surface area contributed by atoms with E-state index < -0.39 is 29.8 Å². The minimum Gasteiger partial charge on any atom is -0.493 e. The Morgan fingerprint density at radius 2 is 1.73 bits per heavy atom. The largest absolute Gasteiger partial charge is 0.493 e. The molecule has 0 saturated heterocycles. The first kappa shape index (κ1) is 27.5. The van der Waals surface area contributed by atoms with Crippen molar-refractivity contribution in [3.8, 4) is 11.5 Å². The quantitative estimate of drug-likeness (QED) is 0.252. The highest BCUT2D eigenvalue weighted by molar-refractivity contribution is 6.30. The zero-order chi connectivity index (χ0) is 28.4. The molecule has 4 aromatic rings. The molecule has 8 heteroatoms. The number of aliphatic hydroxyl groups excluding tert-OH is 1. The Hall–Kier alpha value is -4.07. The highest BCUT2D eigenvalue weighted by atomic mass is 35.5. The summed E-state index contributed by atoms with van der Waals surface area (Å²) in [4.78, 5) is 29.6. The SMILES string of the molecule is CCN1C(=O)C(C(=O)C(Cc2ccc(Cl)cc2)Nc2ccc3ccccc3c2)C(O)c2c1ccc(OC)c2OC. The van der Waals surface area contributed by atoms with Gasteiger partial charge in [-0.15, -0.1) is 0 Å². The van der Waals surface area contributed by atoms with Gasteiger partial charge < -0.3 is 24.8 Å². The molecule has 3 atom stereocenters. The van der Waals surface area contributed by atoms with Crippen molar-refractivity contribution < 1.29 is 24.2 Å². The molecule has 0 fully saturated rings. The van der Waals surface area contributed by atoms with Gasteiger partial charge in [0.2, 0.25) is 5.91 Å². The van der Waals surface area contributed by atoms with E-state index in [1.807, 2.05) is 61.5 Å². The number of ether oxygens (including phenoxy) is 2. The van der Waals surface area contributed by atoms with Gasteiger partial charge in [-0.2, -0.15) is 0 Å². The first-order valence-corrected chi connectivity index (χ1v) is 13.5. The second-order valence-corrected chi connectivity index (χ2v) is 10.2. The van der Waals surface area contributed by atoms with Gasteiger partial charge in [-0.05, 0) is 66.1 Å². The fourth-order valence-corrected chi connectivity index (χ4v) is 5.56. The molecule has 4 aromatic carbocycles. The lowest BCUT2D eigenvalue weighted by Gasteiger charge is -2.38. The summed E-state index contributed by atoms with van der Waals surface area (Å²) in [6.45, 7) is 2.15. The normalized spacial score (nSPS) is 17.3. The Morgan fingerprint density at radius 1 is 1.00 bits per heavy atom. The molecule has 1 amide bonds. The number of benzene rings is 4. The topological polar surface area (TPSA) is 88.1 Å². The molecule has 0 aromatic heterocycles. The number of Topliss-reactive ketones (excluding diaryl/α,β-unsaturated/α-hetero) is 1. The van der Waals surface area contributed by atoms with Crippen LogP contribution in [0.5, 0.6) is 11.5 Å². The van der Waals surface area contributed by atoms with Gasteiger partial charge in [-0.1, -0.05) is 54.1 Å². The molecule has 0 aliphatic carbocycles. The van der Waals surface area contributed by atoms with Gasteiger partial charge in [-0.25, -0.2) is 0 Å². The van der Waals surface area contributed by atoms with E-state index in [2.05, 4.69) is 5.32 Å². The molecule has 0 spiro atoms. The van der Waals surface area contributed by atoms with Crippen molar-refractivity contribution in [3.63, 3.8) is 0 Å². The van der Waals surface area contributed by atoms with Crippen LogP contribution in [0.4, 0.5) is 11.4 Å². The third kappa shape index (κ3) is 5.10. The fourth-order valence-electron chi connectivity index (χ4n) is 5.43. The predicted molar refractivity (Wildman–Crippen MR) is 158 cm³/mol. The maximum atomic E-state index is 14.3. The first-order valence-electron chi connectivity index (χ1n) is 13.1. The van der Waals surface area contributed by atoms with E-state index in [1.165, 1.54) is 19.1 Å². The third-order valence-corrected chi connectivity index (χ3v) is 7.66. The van der Waals surface area contributed by atoms with Crippen LogP contribution in [0.15, 0.2) is 78.9 Å². The van der Waals surface area contributed by atoms with Crippen molar-refractivity contribution in [1.29, 1.82) is 0 Å². The smallest absolute Gasteiger partial charge is 0.240 e. The Labute approximate surface area is 238 Å². The molecular formula is C32H31ClN2O5. The number of nitrogens with one attached hydrogen (secondary N) is 1. The maximum Gasteiger partial charge on any atom is 0.240 e. The molecule has 1 heterocycles. The number of ketones is 1. The number of rotatable bonds is 9. The van der Waals surface area contributed by atoms with Crippen LogP contribution >= 0.6 is 11.6 Å². The average Bonchev–Trinajstić information content (AvgIpc) is 2.97. The molecule has 1 aliphatic heterocycles. The molecule has 1 aliphatic rings. The summed E-state index contributed by atoms with van der Waals surface area (Å²) in [6, 6.07) is 23.6. The molecule has 2 N–H and O–H groups in total.